The first-order valence-electron chi connectivity index (χ1n) is 10.3. The van der Waals surface area contributed by atoms with Crippen LogP contribution in [0.5, 0.6) is 11.5 Å². The molecule has 2 aliphatic rings. The molecule has 0 bridgehead atoms. The molecule has 0 saturated heterocycles. The summed E-state index contributed by atoms with van der Waals surface area (Å²) in [5.41, 5.74) is -1.12. The van der Waals surface area contributed by atoms with Gasteiger partial charge in [0.2, 0.25) is 5.91 Å². The molecule has 2 aromatic heterocycles. The van der Waals surface area contributed by atoms with E-state index in [4.69, 9.17) is 42.5 Å². The number of hydrogen-bond donors (Lipinski definition) is 2. The van der Waals surface area contributed by atoms with Gasteiger partial charge in [0.1, 0.15) is 43.5 Å². The summed E-state index contributed by atoms with van der Waals surface area (Å²) in [6, 6.07) is 12.6. The SMILES string of the molecule is NC(=O)C1=C(O)C(Cl)=C(Cl)C(=O)C12c1c(c3ccccc3oc1=O)Oc1c2c(=O)oc2ccccc12. The number of aliphatic hydroxyl groups excluding tert-OH is 1. The van der Waals surface area contributed by atoms with E-state index < -0.39 is 60.9 Å². The molecule has 1 spiro atoms. The van der Waals surface area contributed by atoms with Crippen LogP contribution >= 0.6 is 23.2 Å². The van der Waals surface area contributed by atoms with Crippen molar-refractivity contribution in [3.63, 3.8) is 0 Å². The summed E-state index contributed by atoms with van der Waals surface area (Å²) in [4.78, 5) is 53.8. The molecule has 36 heavy (non-hydrogen) atoms. The molecule has 3 heterocycles. The number of hydrogen-bond acceptors (Lipinski definition) is 8. The fourth-order valence-electron chi connectivity index (χ4n) is 4.88. The van der Waals surface area contributed by atoms with Gasteiger partial charge in [0.05, 0.1) is 16.3 Å². The summed E-state index contributed by atoms with van der Waals surface area (Å²) in [6.45, 7) is 0. The molecule has 0 atom stereocenters. The molecular weight excluding hydrogens is 513 g/mol. The van der Waals surface area contributed by atoms with Gasteiger partial charge in [-0.05, 0) is 24.3 Å². The Morgan fingerprint density at radius 2 is 1.28 bits per heavy atom. The van der Waals surface area contributed by atoms with Crippen LogP contribution in [0.15, 0.2) is 88.4 Å². The van der Waals surface area contributed by atoms with E-state index in [-0.39, 0.29) is 33.4 Å². The Balaban J connectivity index is 1.96. The van der Waals surface area contributed by atoms with E-state index in [1.807, 2.05) is 0 Å². The molecule has 0 saturated carbocycles. The van der Waals surface area contributed by atoms with E-state index in [2.05, 4.69) is 0 Å². The number of allylic oxidation sites excluding steroid dienone is 2. The van der Waals surface area contributed by atoms with Crippen LogP contribution in [0, 0.1) is 0 Å². The maximum absolute atomic E-state index is 14.0. The molecule has 4 aromatic rings. The minimum Gasteiger partial charge on any atom is -0.506 e. The highest BCUT2D eigenvalue weighted by molar-refractivity contribution is 6.52. The molecule has 11 heteroatoms. The van der Waals surface area contributed by atoms with E-state index in [0.29, 0.717) is 0 Å². The van der Waals surface area contributed by atoms with Crippen molar-refractivity contribution in [1.29, 1.82) is 0 Å². The summed E-state index contributed by atoms with van der Waals surface area (Å²) in [7, 11) is 0. The lowest BCUT2D eigenvalue weighted by Gasteiger charge is -2.39. The fourth-order valence-corrected chi connectivity index (χ4v) is 5.29. The number of nitrogens with two attached hydrogens (primary N) is 1. The van der Waals surface area contributed by atoms with Gasteiger partial charge >= 0.3 is 11.3 Å². The highest BCUT2D eigenvalue weighted by atomic mass is 35.5. The van der Waals surface area contributed by atoms with Gasteiger partial charge in [0.15, 0.2) is 17.3 Å². The predicted octanol–water partition coefficient (Wildman–Crippen LogP) is 3.86. The van der Waals surface area contributed by atoms with E-state index in [1.54, 1.807) is 36.4 Å². The van der Waals surface area contributed by atoms with E-state index in [9.17, 15) is 24.3 Å². The number of ketones is 1. The largest absolute Gasteiger partial charge is 0.506 e. The number of para-hydroxylation sites is 2. The number of fused-ring (bicyclic) bond motifs is 8. The van der Waals surface area contributed by atoms with Crippen LogP contribution in [-0.2, 0) is 15.0 Å². The standard InChI is InChI=1S/C25H11Cl2NO8/c26-16-17(27)21(30)25(13(18(16)29)22(28)31)14-19(9-5-1-3-7-11(9)34-23(14)32)36-20-10-6-2-4-8-12(10)35-24(33)15(20)25/h1-8,29H,(H2,28,31). The second kappa shape index (κ2) is 7.33. The highest BCUT2D eigenvalue weighted by Gasteiger charge is 2.62. The normalized spacial score (nSPS) is 16.3. The minimum absolute atomic E-state index is 0.101. The summed E-state index contributed by atoms with van der Waals surface area (Å²) >= 11 is 12.3. The van der Waals surface area contributed by atoms with E-state index >= 15 is 0 Å². The molecule has 0 radical (unpaired) electrons. The molecular formula is C25H11Cl2NO8. The number of aliphatic hydroxyl groups is 1. The molecule has 1 aliphatic carbocycles. The summed E-state index contributed by atoms with van der Waals surface area (Å²) in [5, 5.41) is 9.98. The first-order valence-corrected chi connectivity index (χ1v) is 11.1. The number of amides is 1. The lowest BCUT2D eigenvalue weighted by molar-refractivity contribution is -0.122. The Labute approximate surface area is 209 Å². The second-order valence-electron chi connectivity index (χ2n) is 8.08. The first kappa shape index (κ1) is 22.1. The topological polar surface area (TPSA) is 150 Å². The third kappa shape index (κ3) is 2.55. The van der Waals surface area contributed by atoms with Crippen LogP contribution in [0.25, 0.3) is 21.9 Å². The molecule has 2 aromatic carbocycles. The van der Waals surface area contributed by atoms with Gasteiger partial charge in [-0.3, -0.25) is 9.59 Å². The van der Waals surface area contributed by atoms with Crippen molar-refractivity contribution in [2.24, 2.45) is 5.73 Å². The summed E-state index contributed by atoms with van der Waals surface area (Å²) in [6.07, 6.45) is 0. The van der Waals surface area contributed by atoms with Gasteiger partial charge in [-0.25, -0.2) is 9.59 Å². The van der Waals surface area contributed by atoms with Gasteiger partial charge in [-0.1, -0.05) is 47.5 Å². The van der Waals surface area contributed by atoms with E-state index in [1.165, 1.54) is 12.1 Å². The average molecular weight is 524 g/mol. The Kier molecular flexibility index (Phi) is 4.51. The number of primary amides is 1. The van der Waals surface area contributed by atoms with Gasteiger partial charge < -0.3 is 24.4 Å². The molecule has 178 valence electrons. The molecule has 3 N–H and O–H groups in total. The Hall–Kier alpha value is -4.34. The van der Waals surface area contributed by atoms with Crippen LogP contribution in [0.4, 0.5) is 0 Å². The van der Waals surface area contributed by atoms with Crippen LogP contribution in [-0.4, -0.2) is 16.8 Å². The number of benzene rings is 2. The first-order chi connectivity index (χ1) is 17.2. The lowest BCUT2D eigenvalue weighted by Crippen LogP contribution is -2.52. The number of carbonyl (C=O) groups is 2. The molecule has 6 rings (SSSR count). The van der Waals surface area contributed by atoms with Crippen molar-refractivity contribution in [2.75, 3.05) is 0 Å². The smallest absolute Gasteiger partial charge is 0.345 e. The highest BCUT2D eigenvalue weighted by Crippen LogP contribution is 2.57. The molecule has 0 fully saturated rings. The maximum Gasteiger partial charge on any atom is 0.345 e. The van der Waals surface area contributed by atoms with Gasteiger partial charge in [0.25, 0.3) is 0 Å². The maximum atomic E-state index is 14.0. The number of rotatable bonds is 1. The molecule has 1 amide bonds. The van der Waals surface area contributed by atoms with Crippen molar-refractivity contribution in [3.8, 4) is 11.5 Å². The predicted molar refractivity (Wildman–Crippen MR) is 128 cm³/mol. The van der Waals surface area contributed by atoms with Crippen molar-refractivity contribution in [2.45, 2.75) is 5.41 Å². The molecule has 1 aliphatic heterocycles. The fraction of sp³-hybridized carbons (Fsp3) is 0.0400. The van der Waals surface area contributed by atoms with Crippen molar-refractivity contribution >= 4 is 56.8 Å². The number of halogens is 2. The number of ether oxygens (including phenoxy) is 1. The van der Waals surface area contributed by atoms with Crippen LogP contribution < -0.4 is 21.7 Å². The second-order valence-corrected chi connectivity index (χ2v) is 8.83. The quantitative estimate of drug-likeness (QED) is 0.357. The third-order valence-electron chi connectivity index (χ3n) is 6.28. The number of carbonyl (C=O) groups excluding carboxylic acids is 2. The Bertz CT molecular complexity index is 1800. The van der Waals surface area contributed by atoms with Crippen molar-refractivity contribution in [1.82, 2.24) is 0 Å². The number of Topliss-reactive ketones (excluding diaryl/α,β-unsaturated/α-hetero) is 1. The zero-order valence-corrected chi connectivity index (χ0v) is 19.3. The average Bonchev–Trinajstić information content (AvgIpc) is 2.85. The van der Waals surface area contributed by atoms with E-state index in [0.717, 1.165) is 0 Å². The summed E-state index contributed by atoms with van der Waals surface area (Å²) < 4.78 is 17.0. The minimum atomic E-state index is -2.68. The monoisotopic (exact) mass is 523 g/mol. The van der Waals surface area contributed by atoms with Crippen LogP contribution in [0.3, 0.4) is 0 Å². The lowest BCUT2D eigenvalue weighted by atomic mass is 9.62. The molecule has 0 unspecified atom stereocenters. The van der Waals surface area contributed by atoms with Gasteiger partial charge in [0, 0.05) is 0 Å². The zero-order chi connectivity index (χ0) is 25.5. The Morgan fingerprint density at radius 3 is 1.75 bits per heavy atom. The summed E-state index contributed by atoms with van der Waals surface area (Å²) in [5.74, 6) is -3.87. The van der Waals surface area contributed by atoms with Crippen molar-refractivity contribution < 1.29 is 28.3 Å². The van der Waals surface area contributed by atoms with Gasteiger partial charge in [-0.15, -0.1) is 0 Å². The zero-order valence-electron chi connectivity index (χ0n) is 17.8. The van der Waals surface area contributed by atoms with Crippen LogP contribution in [0.1, 0.15) is 11.1 Å². The Morgan fingerprint density at radius 1 is 0.806 bits per heavy atom. The van der Waals surface area contributed by atoms with Crippen molar-refractivity contribution in [3.05, 3.63) is 102 Å². The van der Waals surface area contributed by atoms with Gasteiger partial charge in [-0.2, -0.15) is 0 Å². The molecule has 9 nitrogen and oxygen atoms in total. The third-order valence-corrected chi connectivity index (χ3v) is 7.11. The van der Waals surface area contributed by atoms with Crippen LogP contribution in [0.2, 0.25) is 0 Å².